The smallest absolute Gasteiger partial charge is 0.258 e. The first kappa shape index (κ1) is 11.6. The second-order valence-corrected chi connectivity index (χ2v) is 4.68. The zero-order chi connectivity index (χ0) is 11.8. The van der Waals surface area contributed by atoms with E-state index in [1.54, 1.807) is 0 Å². The average Bonchev–Trinajstić information content (AvgIpc) is 2.05. The summed E-state index contributed by atoms with van der Waals surface area (Å²) < 4.78 is 22.4. The van der Waals surface area contributed by atoms with Crippen LogP contribution in [0.1, 0.15) is 11.1 Å². The van der Waals surface area contributed by atoms with Crippen molar-refractivity contribution in [2.45, 2.75) is 18.7 Å². The number of rotatable bonds is 2. The molecule has 0 aliphatic carbocycles. The molecule has 0 spiro atoms. The minimum atomic E-state index is -4.07. The number of hydrogen-bond donors (Lipinski definition) is 1. The van der Waals surface area contributed by atoms with Crippen molar-refractivity contribution in [3.63, 3.8) is 0 Å². The van der Waals surface area contributed by atoms with E-state index in [-0.39, 0.29) is 11.1 Å². The van der Waals surface area contributed by atoms with Gasteiger partial charge in [0.15, 0.2) is 4.90 Å². The van der Waals surface area contributed by atoms with E-state index in [2.05, 4.69) is 0 Å². The molecule has 7 heteroatoms. The first-order chi connectivity index (χ1) is 6.75. The van der Waals surface area contributed by atoms with Crippen LogP contribution in [0.5, 0.6) is 0 Å². The van der Waals surface area contributed by atoms with E-state index in [0.29, 0.717) is 0 Å². The molecule has 0 aliphatic rings. The topological polar surface area (TPSA) is 103 Å². The Morgan fingerprint density at radius 1 is 1.27 bits per heavy atom. The van der Waals surface area contributed by atoms with Crippen LogP contribution in [0.3, 0.4) is 0 Å². The van der Waals surface area contributed by atoms with Gasteiger partial charge in [0.1, 0.15) is 0 Å². The lowest BCUT2D eigenvalue weighted by Gasteiger charge is -2.06. The van der Waals surface area contributed by atoms with Gasteiger partial charge in [-0.15, -0.1) is 0 Å². The summed E-state index contributed by atoms with van der Waals surface area (Å²) >= 11 is 0. The Morgan fingerprint density at radius 3 is 2.07 bits per heavy atom. The van der Waals surface area contributed by atoms with Gasteiger partial charge in [0.25, 0.3) is 5.69 Å². The van der Waals surface area contributed by atoms with Gasteiger partial charge in [-0.25, -0.2) is 13.6 Å². The third-order valence-electron chi connectivity index (χ3n) is 2.00. The monoisotopic (exact) mass is 230 g/mol. The molecule has 0 aliphatic heterocycles. The molecule has 0 aromatic heterocycles. The molecule has 0 bridgehead atoms. The number of nitro benzene ring substituents is 1. The van der Waals surface area contributed by atoms with Crippen molar-refractivity contribution in [2.75, 3.05) is 0 Å². The number of primary sulfonamides is 1. The maximum absolute atomic E-state index is 11.2. The fourth-order valence-electron chi connectivity index (χ4n) is 1.36. The van der Waals surface area contributed by atoms with E-state index >= 15 is 0 Å². The number of sulfonamides is 1. The molecule has 6 nitrogen and oxygen atoms in total. The third kappa shape index (κ3) is 2.13. The van der Waals surface area contributed by atoms with Gasteiger partial charge in [0, 0.05) is 5.56 Å². The summed E-state index contributed by atoms with van der Waals surface area (Å²) in [6.07, 6.45) is 0. The molecule has 0 atom stereocenters. The van der Waals surface area contributed by atoms with E-state index in [4.69, 9.17) is 5.14 Å². The first-order valence-corrected chi connectivity index (χ1v) is 5.57. The first-order valence-electron chi connectivity index (χ1n) is 4.02. The van der Waals surface area contributed by atoms with Crippen LogP contribution in [0.25, 0.3) is 0 Å². The molecule has 0 saturated heterocycles. The largest absolute Gasteiger partial charge is 0.292 e. The number of nitrogens with zero attached hydrogens (tertiary/aromatic N) is 1. The van der Waals surface area contributed by atoms with Gasteiger partial charge in [0.2, 0.25) is 10.0 Å². The van der Waals surface area contributed by atoms with Crippen molar-refractivity contribution in [3.05, 3.63) is 33.4 Å². The normalized spacial score (nSPS) is 11.4. The Bertz CT molecular complexity index is 522. The lowest BCUT2D eigenvalue weighted by atomic mass is 10.1. The summed E-state index contributed by atoms with van der Waals surface area (Å²) in [5.74, 6) is 0. The van der Waals surface area contributed by atoms with Gasteiger partial charge >= 0.3 is 0 Å². The predicted octanol–water partition coefficient (Wildman–Crippen LogP) is 0.859. The molecule has 2 N–H and O–H groups in total. The highest BCUT2D eigenvalue weighted by Gasteiger charge is 2.27. The van der Waals surface area contributed by atoms with Crippen molar-refractivity contribution in [2.24, 2.45) is 5.14 Å². The van der Waals surface area contributed by atoms with Crippen LogP contribution in [0, 0.1) is 24.0 Å². The van der Waals surface area contributed by atoms with Crippen LogP contribution in [0.2, 0.25) is 0 Å². The van der Waals surface area contributed by atoms with Crippen LogP contribution in [0.15, 0.2) is 17.0 Å². The molecule has 1 aromatic carbocycles. The van der Waals surface area contributed by atoms with Crippen LogP contribution in [-0.4, -0.2) is 13.3 Å². The molecule has 15 heavy (non-hydrogen) atoms. The van der Waals surface area contributed by atoms with Crippen molar-refractivity contribution >= 4 is 15.7 Å². The highest BCUT2D eigenvalue weighted by Crippen LogP contribution is 2.29. The predicted molar refractivity (Wildman–Crippen MR) is 53.9 cm³/mol. The van der Waals surface area contributed by atoms with Crippen LogP contribution in [-0.2, 0) is 10.0 Å². The maximum Gasteiger partial charge on any atom is 0.292 e. The van der Waals surface area contributed by atoms with Gasteiger partial charge < -0.3 is 0 Å². The van der Waals surface area contributed by atoms with Gasteiger partial charge in [-0.3, -0.25) is 10.1 Å². The summed E-state index contributed by atoms with van der Waals surface area (Å²) in [4.78, 5) is 9.58. The van der Waals surface area contributed by atoms with E-state index < -0.39 is 25.5 Å². The number of benzene rings is 1. The molecular weight excluding hydrogens is 220 g/mol. The third-order valence-corrected chi connectivity index (χ3v) is 3.08. The van der Waals surface area contributed by atoms with Gasteiger partial charge in [0.05, 0.1) is 4.92 Å². The Hall–Kier alpha value is -1.47. The highest BCUT2D eigenvalue weighted by molar-refractivity contribution is 7.89. The molecule has 82 valence electrons. The van der Waals surface area contributed by atoms with E-state index in [0.717, 1.165) is 0 Å². The van der Waals surface area contributed by atoms with Gasteiger partial charge in [-0.05, 0) is 19.4 Å². The fraction of sp³-hybridized carbons (Fsp3) is 0.250. The molecule has 1 rings (SSSR count). The van der Waals surface area contributed by atoms with Crippen molar-refractivity contribution in [3.8, 4) is 0 Å². The summed E-state index contributed by atoms with van der Waals surface area (Å²) in [5, 5.41) is 15.7. The van der Waals surface area contributed by atoms with Crippen LogP contribution < -0.4 is 5.14 Å². The number of hydrogen-bond acceptors (Lipinski definition) is 4. The SMILES string of the molecule is Cc1ccc(C)c(S(N)(=O)=O)c1[N+](=O)[O-]. The van der Waals surface area contributed by atoms with Crippen LogP contribution in [0.4, 0.5) is 5.69 Å². The quantitative estimate of drug-likeness (QED) is 0.601. The number of nitrogens with two attached hydrogens (primary N) is 1. The fourth-order valence-corrected chi connectivity index (χ4v) is 2.38. The Balaban J connectivity index is 3.76. The lowest BCUT2D eigenvalue weighted by molar-refractivity contribution is -0.388. The molecule has 0 unspecified atom stereocenters. The highest BCUT2D eigenvalue weighted by atomic mass is 32.2. The maximum atomic E-state index is 11.2. The lowest BCUT2D eigenvalue weighted by Crippen LogP contribution is -2.16. The number of aryl methyl sites for hydroxylation is 2. The average molecular weight is 230 g/mol. The zero-order valence-corrected chi connectivity index (χ0v) is 9.04. The molecule has 0 saturated carbocycles. The Labute approximate surface area is 86.9 Å². The van der Waals surface area contributed by atoms with Crippen molar-refractivity contribution in [1.29, 1.82) is 0 Å². The molecule has 0 amide bonds. The molecule has 0 fully saturated rings. The molecular formula is C8H10N2O4S. The molecule has 0 radical (unpaired) electrons. The van der Waals surface area contributed by atoms with E-state index in [1.165, 1.54) is 26.0 Å². The van der Waals surface area contributed by atoms with Crippen LogP contribution >= 0.6 is 0 Å². The summed E-state index contributed by atoms with van der Waals surface area (Å²) in [7, 11) is -4.07. The number of nitro groups is 1. The van der Waals surface area contributed by atoms with Gasteiger partial charge in [-0.1, -0.05) is 12.1 Å². The minimum absolute atomic E-state index is 0.273. The molecule has 0 heterocycles. The summed E-state index contributed by atoms with van der Waals surface area (Å²) in [6.45, 7) is 2.93. The second-order valence-electron chi connectivity index (χ2n) is 3.18. The second kappa shape index (κ2) is 3.59. The van der Waals surface area contributed by atoms with Crippen molar-refractivity contribution in [1.82, 2.24) is 0 Å². The minimum Gasteiger partial charge on any atom is -0.258 e. The zero-order valence-electron chi connectivity index (χ0n) is 8.22. The van der Waals surface area contributed by atoms with E-state index in [1.807, 2.05) is 0 Å². The van der Waals surface area contributed by atoms with Gasteiger partial charge in [-0.2, -0.15) is 0 Å². The Morgan fingerprint density at radius 2 is 1.73 bits per heavy atom. The van der Waals surface area contributed by atoms with Crippen molar-refractivity contribution < 1.29 is 13.3 Å². The summed E-state index contributed by atoms with van der Waals surface area (Å²) in [5.41, 5.74) is 0.0990. The molecule has 1 aromatic rings. The van der Waals surface area contributed by atoms with E-state index in [9.17, 15) is 18.5 Å². The summed E-state index contributed by atoms with van der Waals surface area (Å²) in [6, 6.07) is 2.98. The Kier molecular flexibility index (Phi) is 2.78. The standard InChI is InChI=1S/C8H10N2O4S/c1-5-3-4-6(2)8(15(9,13)14)7(5)10(11)12/h3-4H,1-2H3,(H2,9,13,14).